The molecule has 0 fully saturated rings. The van der Waals surface area contributed by atoms with Crippen LogP contribution in [-0.2, 0) is 13.0 Å². The highest BCUT2D eigenvalue weighted by Crippen LogP contribution is 2.23. The van der Waals surface area contributed by atoms with Crippen molar-refractivity contribution >= 4 is 11.3 Å². The van der Waals surface area contributed by atoms with Crippen LogP contribution in [0, 0.1) is 5.82 Å². The number of halogens is 1. The monoisotopic (exact) mass is 263 g/mol. The Morgan fingerprint density at radius 2 is 2.00 bits per heavy atom. The highest BCUT2D eigenvalue weighted by Gasteiger charge is 2.08. The fourth-order valence-electron chi connectivity index (χ4n) is 1.82. The second kappa shape index (κ2) is 6.12. The summed E-state index contributed by atoms with van der Waals surface area (Å²) in [6.45, 7) is 4.84. The van der Waals surface area contributed by atoms with E-state index >= 15 is 0 Å². The van der Waals surface area contributed by atoms with E-state index in [2.05, 4.69) is 31.3 Å². The molecule has 2 aromatic rings. The van der Waals surface area contributed by atoms with Crippen molar-refractivity contribution in [3.8, 4) is 0 Å². The molecule has 1 heterocycles. The summed E-state index contributed by atoms with van der Waals surface area (Å²) in [4.78, 5) is 2.70. The minimum atomic E-state index is -0.141. The Morgan fingerprint density at radius 3 is 2.67 bits per heavy atom. The maximum absolute atomic E-state index is 13.5. The molecule has 1 N–H and O–H groups in total. The summed E-state index contributed by atoms with van der Waals surface area (Å²) in [5.41, 5.74) is 0.719. The van der Waals surface area contributed by atoms with Gasteiger partial charge < -0.3 is 5.32 Å². The summed E-state index contributed by atoms with van der Waals surface area (Å²) in [5, 5.41) is 3.36. The van der Waals surface area contributed by atoms with Crippen LogP contribution in [0.25, 0.3) is 0 Å². The molecule has 1 nitrogen and oxygen atoms in total. The maximum atomic E-state index is 13.5. The molecule has 1 unspecified atom stereocenters. The van der Waals surface area contributed by atoms with Crippen LogP contribution in [0.4, 0.5) is 4.39 Å². The van der Waals surface area contributed by atoms with Crippen LogP contribution in [-0.4, -0.2) is 0 Å². The summed E-state index contributed by atoms with van der Waals surface area (Å²) >= 11 is 1.82. The van der Waals surface area contributed by atoms with E-state index in [4.69, 9.17) is 0 Å². The fourth-order valence-corrected chi connectivity index (χ4v) is 2.80. The highest BCUT2D eigenvalue weighted by atomic mass is 32.1. The summed E-state index contributed by atoms with van der Waals surface area (Å²) in [7, 11) is 0. The van der Waals surface area contributed by atoms with Crippen LogP contribution in [0.5, 0.6) is 0 Å². The van der Waals surface area contributed by atoms with E-state index in [0.717, 1.165) is 12.0 Å². The van der Waals surface area contributed by atoms with Crippen molar-refractivity contribution < 1.29 is 4.39 Å². The second-order valence-electron chi connectivity index (χ2n) is 4.35. The van der Waals surface area contributed by atoms with Crippen molar-refractivity contribution in [1.82, 2.24) is 5.32 Å². The lowest BCUT2D eigenvalue weighted by atomic mass is 10.2. The molecule has 0 aliphatic rings. The summed E-state index contributed by atoms with van der Waals surface area (Å²) in [5.74, 6) is -0.141. The summed E-state index contributed by atoms with van der Waals surface area (Å²) in [6.07, 6.45) is 1.07. The van der Waals surface area contributed by atoms with Crippen LogP contribution in [0.3, 0.4) is 0 Å². The molecule has 3 heteroatoms. The van der Waals surface area contributed by atoms with Crippen molar-refractivity contribution in [1.29, 1.82) is 0 Å². The van der Waals surface area contributed by atoms with E-state index in [0.29, 0.717) is 6.54 Å². The number of rotatable bonds is 5. The quantitative estimate of drug-likeness (QED) is 0.848. The second-order valence-corrected chi connectivity index (χ2v) is 5.55. The van der Waals surface area contributed by atoms with Crippen molar-refractivity contribution in [3.63, 3.8) is 0 Å². The number of aryl methyl sites for hydroxylation is 1. The molecule has 0 saturated heterocycles. The Bertz CT molecular complexity index is 507. The van der Waals surface area contributed by atoms with Crippen LogP contribution in [0.2, 0.25) is 0 Å². The SMILES string of the molecule is CCc1ccc(C(C)NCc2ccccc2F)s1. The number of hydrogen-bond acceptors (Lipinski definition) is 2. The molecule has 0 bridgehead atoms. The lowest BCUT2D eigenvalue weighted by Crippen LogP contribution is -2.17. The van der Waals surface area contributed by atoms with Crippen LogP contribution in [0.1, 0.15) is 35.2 Å². The largest absolute Gasteiger partial charge is 0.305 e. The molecule has 0 saturated carbocycles. The van der Waals surface area contributed by atoms with E-state index in [1.165, 1.54) is 15.8 Å². The van der Waals surface area contributed by atoms with Crippen LogP contribution < -0.4 is 5.32 Å². The lowest BCUT2D eigenvalue weighted by molar-refractivity contribution is 0.549. The first-order valence-electron chi connectivity index (χ1n) is 6.26. The van der Waals surface area contributed by atoms with Crippen LogP contribution in [0.15, 0.2) is 36.4 Å². The van der Waals surface area contributed by atoms with Gasteiger partial charge in [-0.15, -0.1) is 11.3 Å². The molecule has 2 rings (SSSR count). The van der Waals surface area contributed by atoms with Gasteiger partial charge in [-0.05, 0) is 31.5 Å². The maximum Gasteiger partial charge on any atom is 0.127 e. The Hall–Kier alpha value is -1.19. The molecule has 0 spiro atoms. The third-order valence-corrected chi connectivity index (χ3v) is 4.43. The van der Waals surface area contributed by atoms with Gasteiger partial charge in [-0.25, -0.2) is 4.39 Å². The van der Waals surface area contributed by atoms with E-state index in [-0.39, 0.29) is 11.9 Å². The molecule has 1 aromatic carbocycles. The lowest BCUT2D eigenvalue weighted by Gasteiger charge is -2.12. The highest BCUT2D eigenvalue weighted by molar-refractivity contribution is 7.12. The Kier molecular flexibility index (Phi) is 4.50. The standard InChI is InChI=1S/C15H18FNS/c1-3-13-8-9-15(18-13)11(2)17-10-12-6-4-5-7-14(12)16/h4-9,11,17H,3,10H2,1-2H3. The summed E-state index contributed by atoms with van der Waals surface area (Å²) in [6, 6.07) is 11.5. The van der Waals surface area contributed by atoms with Crippen LogP contribution >= 0.6 is 11.3 Å². The third kappa shape index (κ3) is 3.18. The van der Waals surface area contributed by atoms with Gasteiger partial charge in [-0.3, -0.25) is 0 Å². The number of benzene rings is 1. The van der Waals surface area contributed by atoms with Crippen molar-refractivity contribution in [2.45, 2.75) is 32.9 Å². The molecule has 0 radical (unpaired) electrons. The van der Waals surface area contributed by atoms with Gasteiger partial charge >= 0.3 is 0 Å². The van der Waals surface area contributed by atoms with Gasteiger partial charge in [0.15, 0.2) is 0 Å². The van der Waals surface area contributed by atoms with E-state index in [9.17, 15) is 4.39 Å². The predicted molar refractivity (Wildman–Crippen MR) is 75.4 cm³/mol. The number of thiophene rings is 1. The average Bonchev–Trinajstić information content (AvgIpc) is 2.86. The van der Waals surface area contributed by atoms with Gasteiger partial charge in [0.2, 0.25) is 0 Å². The van der Waals surface area contributed by atoms with Gasteiger partial charge in [-0.2, -0.15) is 0 Å². The van der Waals surface area contributed by atoms with Gasteiger partial charge in [-0.1, -0.05) is 25.1 Å². The number of nitrogens with one attached hydrogen (secondary N) is 1. The fraction of sp³-hybridized carbons (Fsp3) is 0.333. The smallest absolute Gasteiger partial charge is 0.127 e. The zero-order valence-electron chi connectivity index (χ0n) is 10.7. The average molecular weight is 263 g/mol. The Balaban J connectivity index is 1.96. The topological polar surface area (TPSA) is 12.0 Å². The minimum absolute atomic E-state index is 0.141. The molecule has 0 aliphatic carbocycles. The molecular weight excluding hydrogens is 245 g/mol. The molecule has 1 aromatic heterocycles. The molecular formula is C15H18FNS. The minimum Gasteiger partial charge on any atom is -0.305 e. The molecule has 96 valence electrons. The zero-order valence-corrected chi connectivity index (χ0v) is 11.6. The van der Waals surface area contributed by atoms with Gasteiger partial charge in [0.05, 0.1) is 0 Å². The summed E-state index contributed by atoms with van der Waals surface area (Å²) < 4.78 is 13.5. The first kappa shape index (κ1) is 13.2. The first-order valence-corrected chi connectivity index (χ1v) is 7.07. The van der Waals surface area contributed by atoms with Crippen molar-refractivity contribution in [2.24, 2.45) is 0 Å². The Labute approximate surface area is 112 Å². The van der Waals surface area contributed by atoms with Gasteiger partial charge in [0.1, 0.15) is 5.82 Å². The van der Waals surface area contributed by atoms with Gasteiger partial charge in [0, 0.05) is 27.9 Å². The zero-order chi connectivity index (χ0) is 13.0. The van der Waals surface area contributed by atoms with Gasteiger partial charge in [0.25, 0.3) is 0 Å². The van der Waals surface area contributed by atoms with Crippen molar-refractivity contribution in [3.05, 3.63) is 57.5 Å². The van der Waals surface area contributed by atoms with E-state index in [1.807, 2.05) is 23.5 Å². The van der Waals surface area contributed by atoms with E-state index in [1.54, 1.807) is 6.07 Å². The van der Waals surface area contributed by atoms with E-state index < -0.39 is 0 Å². The number of hydrogen-bond donors (Lipinski definition) is 1. The molecule has 18 heavy (non-hydrogen) atoms. The Morgan fingerprint density at radius 1 is 1.22 bits per heavy atom. The normalized spacial score (nSPS) is 12.6. The third-order valence-electron chi connectivity index (χ3n) is 3.01. The first-order chi connectivity index (χ1) is 8.70. The molecule has 1 atom stereocenters. The van der Waals surface area contributed by atoms with Crippen molar-refractivity contribution in [2.75, 3.05) is 0 Å². The molecule has 0 amide bonds. The predicted octanol–water partition coefficient (Wildman–Crippen LogP) is 4.30. The molecule has 0 aliphatic heterocycles.